The third-order valence-corrected chi connectivity index (χ3v) is 3.37. The molecule has 1 N–H and O–H groups in total. The van der Waals surface area contributed by atoms with Crippen LogP contribution in [0.2, 0.25) is 0 Å². The molecule has 0 aliphatic carbocycles. The second-order valence-corrected chi connectivity index (χ2v) is 5.95. The summed E-state index contributed by atoms with van der Waals surface area (Å²) in [5.74, 6) is 0.471. The van der Waals surface area contributed by atoms with Crippen LogP contribution in [0.5, 0.6) is 0 Å². The normalized spacial score (nSPS) is 25.7. The highest BCUT2D eigenvalue weighted by atomic mass is 16.3. The Kier molecular flexibility index (Phi) is 3.28. The lowest BCUT2D eigenvalue weighted by Crippen LogP contribution is -2.46. The van der Waals surface area contributed by atoms with E-state index in [1.807, 2.05) is 12.1 Å². The minimum Gasteiger partial charge on any atom is -0.469 e. The largest absolute Gasteiger partial charge is 0.469 e. The lowest BCUT2D eigenvalue weighted by molar-refractivity contribution is -0.127. The van der Waals surface area contributed by atoms with Crippen molar-refractivity contribution in [3.05, 3.63) is 24.2 Å². The topological polar surface area (TPSA) is 59.3 Å². The van der Waals surface area contributed by atoms with Gasteiger partial charge in [-0.1, -0.05) is 20.8 Å². The number of carbonyl (C=O) groups excluding carboxylic acids is 2. The van der Waals surface area contributed by atoms with Crippen LogP contribution in [0.4, 0.5) is 0 Å². The molecule has 1 fully saturated rings. The minimum atomic E-state index is -0.186. The van der Waals surface area contributed by atoms with Crippen LogP contribution in [-0.4, -0.2) is 17.7 Å². The quantitative estimate of drug-likeness (QED) is 0.777. The van der Waals surface area contributed by atoms with E-state index in [1.54, 1.807) is 6.26 Å². The first-order valence-corrected chi connectivity index (χ1v) is 6.22. The van der Waals surface area contributed by atoms with Crippen molar-refractivity contribution in [3.63, 3.8) is 0 Å². The van der Waals surface area contributed by atoms with Gasteiger partial charge in [0.05, 0.1) is 12.7 Å². The molecule has 0 unspecified atom stereocenters. The van der Waals surface area contributed by atoms with E-state index in [0.717, 1.165) is 5.76 Å². The van der Waals surface area contributed by atoms with Crippen molar-refractivity contribution in [1.29, 1.82) is 0 Å². The number of ketones is 1. The second kappa shape index (κ2) is 4.59. The summed E-state index contributed by atoms with van der Waals surface area (Å²) < 4.78 is 5.43. The van der Waals surface area contributed by atoms with Crippen LogP contribution >= 0.6 is 0 Å². The summed E-state index contributed by atoms with van der Waals surface area (Å²) in [7, 11) is 0. The lowest BCUT2D eigenvalue weighted by atomic mass is 9.76. The summed E-state index contributed by atoms with van der Waals surface area (Å²) >= 11 is 0. The van der Waals surface area contributed by atoms with Crippen molar-refractivity contribution in [2.24, 2.45) is 5.41 Å². The van der Waals surface area contributed by atoms with E-state index in [4.69, 9.17) is 4.42 Å². The summed E-state index contributed by atoms with van der Waals surface area (Å²) in [5, 5.41) is 2.97. The molecule has 2 atom stereocenters. The monoisotopic (exact) mass is 249 g/mol. The fourth-order valence-corrected chi connectivity index (χ4v) is 2.53. The fourth-order valence-electron chi connectivity index (χ4n) is 2.53. The molecule has 18 heavy (non-hydrogen) atoms. The second-order valence-electron chi connectivity index (χ2n) is 5.95. The van der Waals surface area contributed by atoms with Gasteiger partial charge in [-0.05, 0) is 17.5 Å². The zero-order chi connectivity index (χ0) is 13.3. The van der Waals surface area contributed by atoms with Crippen LogP contribution in [0.3, 0.4) is 0 Å². The van der Waals surface area contributed by atoms with E-state index in [1.165, 1.54) is 0 Å². The van der Waals surface area contributed by atoms with Crippen LogP contribution < -0.4 is 5.32 Å². The Morgan fingerprint density at radius 2 is 2.06 bits per heavy atom. The smallest absolute Gasteiger partial charge is 0.227 e. The average molecular weight is 249 g/mol. The first kappa shape index (κ1) is 12.9. The van der Waals surface area contributed by atoms with Gasteiger partial charge in [0.1, 0.15) is 11.5 Å². The number of nitrogens with one attached hydrogen (secondary N) is 1. The van der Waals surface area contributed by atoms with E-state index in [2.05, 4.69) is 26.1 Å². The Balaban J connectivity index is 2.37. The van der Waals surface area contributed by atoms with Crippen LogP contribution in [-0.2, 0) is 9.59 Å². The summed E-state index contributed by atoms with van der Waals surface area (Å²) in [5.41, 5.74) is -0.127. The Bertz CT molecular complexity index is 442. The number of furan rings is 1. The molecule has 1 aliphatic heterocycles. The molecule has 0 bridgehead atoms. The van der Waals surface area contributed by atoms with Crippen molar-refractivity contribution >= 4 is 11.7 Å². The molecule has 98 valence electrons. The molecule has 1 amide bonds. The molecule has 0 radical (unpaired) electrons. The molecule has 1 saturated heterocycles. The van der Waals surface area contributed by atoms with Gasteiger partial charge in [0.15, 0.2) is 0 Å². The van der Waals surface area contributed by atoms with E-state index >= 15 is 0 Å². The first-order chi connectivity index (χ1) is 8.38. The lowest BCUT2D eigenvalue weighted by Gasteiger charge is -2.35. The van der Waals surface area contributed by atoms with Crippen LogP contribution in [0.1, 0.15) is 45.3 Å². The van der Waals surface area contributed by atoms with Gasteiger partial charge in [0.2, 0.25) is 5.91 Å². The number of hydrogen-bond donors (Lipinski definition) is 1. The minimum absolute atomic E-state index is 0.0240. The molecule has 2 rings (SSSR count). The van der Waals surface area contributed by atoms with E-state index in [0.29, 0.717) is 6.42 Å². The Hall–Kier alpha value is -1.58. The van der Waals surface area contributed by atoms with Crippen LogP contribution in [0.15, 0.2) is 22.8 Å². The summed E-state index contributed by atoms with van der Waals surface area (Å²) in [4.78, 5) is 23.5. The van der Waals surface area contributed by atoms with Crippen molar-refractivity contribution in [3.8, 4) is 0 Å². The Morgan fingerprint density at radius 3 is 2.61 bits per heavy atom. The fraction of sp³-hybridized carbons (Fsp3) is 0.571. The maximum Gasteiger partial charge on any atom is 0.227 e. The maximum absolute atomic E-state index is 11.8. The highest BCUT2D eigenvalue weighted by Gasteiger charge is 2.39. The third kappa shape index (κ3) is 2.63. The summed E-state index contributed by atoms with van der Waals surface area (Å²) in [6.07, 6.45) is 1.93. The van der Waals surface area contributed by atoms with Gasteiger partial charge < -0.3 is 9.73 Å². The summed E-state index contributed by atoms with van der Waals surface area (Å²) in [6, 6.07) is 3.59. The first-order valence-electron chi connectivity index (χ1n) is 6.22. The SMILES string of the molecule is CC(C)(C)[C@@H]1NC(=O)CC(=O)C[C@@H]1c1ccco1. The van der Waals surface area contributed by atoms with E-state index in [-0.39, 0.29) is 35.5 Å². The Morgan fingerprint density at radius 1 is 1.33 bits per heavy atom. The van der Waals surface area contributed by atoms with Gasteiger partial charge in [-0.3, -0.25) is 9.59 Å². The van der Waals surface area contributed by atoms with Crippen LogP contribution in [0, 0.1) is 5.41 Å². The van der Waals surface area contributed by atoms with Crippen molar-refractivity contribution in [2.75, 3.05) is 0 Å². The molecule has 1 aromatic rings. The van der Waals surface area contributed by atoms with Crippen molar-refractivity contribution < 1.29 is 14.0 Å². The number of Topliss-reactive ketones (excluding diaryl/α,β-unsaturated/α-hetero) is 1. The molecule has 0 saturated carbocycles. The molecule has 0 spiro atoms. The van der Waals surface area contributed by atoms with Gasteiger partial charge >= 0.3 is 0 Å². The third-order valence-electron chi connectivity index (χ3n) is 3.37. The van der Waals surface area contributed by atoms with Crippen molar-refractivity contribution in [1.82, 2.24) is 5.32 Å². The number of hydrogen-bond acceptors (Lipinski definition) is 3. The van der Waals surface area contributed by atoms with Gasteiger partial charge in [0, 0.05) is 18.4 Å². The molecule has 2 heterocycles. The molecular weight excluding hydrogens is 230 g/mol. The van der Waals surface area contributed by atoms with Gasteiger partial charge in [0.25, 0.3) is 0 Å². The molecular formula is C14H19NO3. The number of rotatable bonds is 1. The molecule has 4 heteroatoms. The Labute approximate surface area is 107 Å². The van der Waals surface area contributed by atoms with Gasteiger partial charge in [-0.15, -0.1) is 0 Å². The molecule has 1 aliphatic rings. The molecule has 4 nitrogen and oxygen atoms in total. The summed E-state index contributed by atoms with van der Waals surface area (Å²) in [6.45, 7) is 6.18. The standard InChI is InChI=1S/C14H19NO3/c1-14(2,3)13-10(11-5-4-6-18-11)7-9(16)8-12(17)15-13/h4-6,10,13H,7-8H2,1-3H3,(H,15,17)/t10-,13-/m1/s1. The van der Waals surface area contributed by atoms with Gasteiger partial charge in [-0.25, -0.2) is 0 Å². The maximum atomic E-state index is 11.8. The zero-order valence-electron chi connectivity index (χ0n) is 11.0. The van der Waals surface area contributed by atoms with Gasteiger partial charge in [-0.2, -0.15) is 0 Å². The number of carbonyl (C=O) groups is 2. The van der Waals surface area contributed by atoms with Crippen molar-refractivity contribution in [2.45, 2.75) is 45.6 Å². The highest BCUT2D eigenvalue weighted by molar-refractivity contribution is 5.99. The zero-order valence-corrected chi connectivity index (χ0v) is 11.0. The van der Waals surface area contributed by atoms with E-state index in [9.17, 15) is 9.59 Å². The molecule has 0 aromatic carbocycles. The highest BCUT2D eigenvalue weighted by Crippen LogP contribution is 2.36. The molecule has 1 aromatic heterocycles. The van der Waals surface area contributed by atoms with E-state index < -0.39 is 0 Å². The number of amides is 1. The predicted molar refractivity (Wildman–Crippen MR) is 67.1 cm³/mol. The average Bonchev–Trinajstić information content (AvgIpc) is 2.69. The predicted octanol–water partition coefficient (Wildman–Crippen LogP) is 2.26. The van der Waals surface area contributed by atoms with Crippen LogP contribution in [0.25, 0.3) is 0 Å².